The fraction of sp³-hybridized carbons (Fsp3) is 0.385. The molecule has 2 heterocycles. The van der Waals surface area contributed by atoms with Gasteiger partial charge in [0.1, 0.15) is 6.23 Å². The average molecular weight is 506 g/mol. The number of aryl methyl sites for hydroxylation is 1. The van der Waals surface area contributed by atoms with Gasteiger partial charge in [-0.3, -0.25) is 14.3 Å². The number of benzene rings is 2. The Bertz CT molecular complexity index is 1320. The molecule has 0 radical (unpaired) electrons. The van der Waals surface area contributed by atoms with E-state index in [-0.39, 0.29) is 24.2 Å². The van der Waals surface area contributed by atoms with E-state index in [4.69, 9.17) is 9.16 Å². The Balaban J connectivity index is 1.72. The first kappa shape index (κ1) is 25.7. The van der Waals surface area contributed by atoms with Gasteiger partial charge in [0.15, 0.2) is 0 Å². The SMILES string of the molecule is Cc1cn([C@@H]2OC[C@H](CO[Si](c3ccccc3)(c3ccccc3)C(C)(C)C)[C@H]2N=[N+]=[N-])c(=O)[nH]c1=O. The van der Waals surface area contributed by atoms with E-state index in [2.05, 4.69) is 60.0 Å². The van der Waals surface area contributed by atoms with E-state index in [1.54, 1.807) is 6.92 Å². The summed E-state index contributed by atoms with van der Waals surface area (Å²) < 4.78 is 14.3. The number of H-pyrrole nitrogens is 1. The smallest absolute Gasteiger partial charge is 0.330 e. The lowest BCUT2D eigenvalue weighted by Gasteiger charge is -2.43. The van der Waals surface area contributed by atoms with E-state index in [9.17, 15) is 15.1 Å². The Morgan fingerprint density at radius 3 is 2.22 bits per heavy atom. The van der Waals surface area contributed by atoms with Gasteiger partial charge in [-0.25, -0.2) is 4.79 Å². The Hall–Kier alpha value is -3.43. The quantitative estimate of drug-likeness (QED) is 0.229. The van der Waals surface area contributed by atoms with E-state index >= 15 is 0 Å². The monoisotopic (exact) mass is 505 g/mol. The fourth-order valence-electron chi connectivity index (χ4n) is 5.02. The molecule has 1 saturated heterocycles. The molecule has 1 aromatic heterocycles. The molecular formula is C26H31N5O4Si. The summed E-state index contributed by atoms with van der Waals surface area (Å²) in [7, 11) is -2.80. The maximum atomic E-state index is 12.5. The predicted octanol–water partition coefficient (Wildman–Crippen LogP) is 3.25. The van der Waals surface area contributed by atoms with Crippen LogP contribution in [-0.2, 0) is 9.16 Å². The molecule has 1 fully saturated rings. The molecule has 0 amide bonds. The first-order valence-corrected chi connectivity index (χ1v) is 13.8. The van der Waals surface area contributed by atoms with Crippen LogP contribution in [0.15, 0.2) is 81.6 Å². The summed E-state index contributed by atoms with van der Waals surface area (Å²) in [4.78, 5) is 29.7. The summed E-state index contributed by atoms with van der Waals surface area (Å²) in [6, 6.07) is 19.9. The number of nitrogens with one attached hydrogen (secondary N) is 1. The number of aromatic nitrogens is 2. The van der Waals surface area contributed by atoms with Crippen molar-refractivity contribution >= 4 is 18.7 Å². The number of hydrogen-bond acceptors (Lipinski definition) is 5. The van der Waals surface area contributed by atoms with E-state index in [1.807, 2.05) is 36.4 Å². The van der Waals surface area contributed by atoms with Crippen LogP contribution in [0.5, 0.6) is 0 Å². The minimum atomic E-state index is -2.80. The molecule has 0 aliphatic carbocycles. The third kappa shape index (κ3) is 4.68. The molecule has 3 atom stereocenters. The number of rotatable bonds is 7. The van der Waals surface area contributed by atoms with Crippen LogP contribution in [0.2, 0.25) is 5.04 Å². The standard InChI is InChI=1S/C26H31N5O4Si/c1-18-15-31(25(33)28-23(18)32)24-22(29-30-27)19(16-34-24)17-35-36(26(2,3)4,20-11-7-5-8-12-20)21-13-9-6-10-14-21/h5-15,19,22,24H,16-17H2,1-4H3,(H,28,32,33)/t19-,22-,24-/m1/s1. The zero-order valence-electron chi connectivity index (χ0n) is 20.9. The predicted molar refractivity (Wildman–Crippen MR) is 141 cm³/mol. The van der Waals surface area contributed by atoms with Gasteiger partial charge in [-0.05, 0) is 27.9 Å². The fourth-order valence-corrected chi connectivity index (χ4v) is 9.64. The molecule has 36 heavy (non-hydrogen) atoms. The lowest BCUT2D eigenvalue weighted by Crippen LogP contribution is -2.67. The topological polar surface area (TPSA) is 122 Å². The summed E-state index contributed by atoms with van der Waals surface area (Å²) in [5.41, 5.74) is 8.62. The average Bonchev–Trinajstić information content (AvgIpc) is 3.25. The number of aromatic amines is 1. The zero-order chi connectivity index (χ0) is 25.9. The van der Waals surface area contributed by atoms with E-state index < -0.39 is 31.8 Å². The maximum absolute atomic E-state index is 12.5. The Morgan fingerprint density at radius 2 is 1.69 bits per heavy atom. The number of azide groups is 1. The number of ether oxygens (including phenoxy) is 1. The molecule has 0 saturated carbocycles. The Labute approximate surface area is 210 Å². The van der Waals surface area contributed by atoms with Gasteiger partial charge in [-0.15, -0.1) is 0 Å². The van der Waals surface area contributed by atoms with Crippen LogP contribution in [0.3, 0.4) is 0 Å². The van der Waals surface area contributed by atoms with Crippen LogP contribution >= 0.6 is 0 Å². The Kier molecular flexibility index (Phi) is 7.32. The first-order valence-electron chi connectivity index (χ1n) is 11.9. The summed E-state index contributed by atoms with van der Waals surface area (Å²) in [5.74, 6) is -0.285. The minimum absolute atomic E-state index is 0.213. The number of nitrogens with zero attached hydrogens (tertiary/aromatic N) is 4. The van der Waals surface area contributed by atoms with E-state index in [1.165, 1.54) is 10.8 Å². The van der Waals surface area contributed by atoms with Gasteiger partial charge < -0.3 is 9.16 Å². The molecule has 2 aromatic carbocycles. The van der Waals surface area contributed by atoms with Crippen molar-refractivity contribution in [2.24, 2.45) is 11.0 Å². The van der Waals surface area contributed by atoms with Crippen molar-refractivity contribution in [2.45, 2.75) is 45.0 Å². The molecule has 3 aromatic rings. The van der Waals surface area contributed by atoms with Crippen molar-refractivity contribution < 1.29 is 9.16 Å². The second-order valence-corrected chi connectivity index (χ2v) is 14.4. The van der Waals surface area contributed by atoms with Crippen molar-refractivity contribution in [3.05, 3.63) is 104 Å². The molecule has 1 aliphatic heterocycles. The van der Waals surface area contributed by atoms with Crippen molar-refractivity contribution in [2.75, 3.05) is 13.2 Å². The summed E-state index contributed by atoms with van der Waals surface area (Å²) in [6.07, 6.45) is 0.605. The summed E-state index contributed by atoms with van der Waals surface area (Å²) >= 11 is 0. The van der Waals surface area contributed by atoms with E-state index in [0.29, 0.717) is 5.56 Å². The highest BCUT2D eigenvalue weighted by Gasteiger charge is 2.51. The zero-order valence-corrected chi connectivity index (χ0v) is 21.9. The summed E-state index contributed by atoms with van der Waals surface area (Å²) in [5, 5.41) is 6.08. The third-order valence-electron chi connectivity index (χ3n) is 6.79. The second-order valence-electron chi connectivity index (χ2n) is 10.1. The molecule has 0 spiro atoms. The van der Waals surface area contributed by atoms with Crippen LogP contribution in [0, 0.1) is 12.8 Å². The minimum Gasteiger partial charge on any atom is -0.407 e. The Morgan fingerprint density at radius 1 is 1.11 bits per heavy atom. The van der Waals surface area contributed by atoms with Crippen LogP contribution in [0.1, 0.15) is 32.6 Å². The van der Waals surface area contributed by atoms with Crippen LogP contribution in [0.4, 0.5) is 0 Å². The summed E-state index contributed by atoms with van der Waals surface area (Å²) in [6.45, 7) is 8.72. The molecule has 4 rings (SSSR count). The van der Waals surface area contributed by atoms with Gasteiger partial charge in [0, 0.05) is 29.2 Å². The molecule has 188 valence electrons. The van der Waals surface area contributed by atoms with Gasteiger partial charge in [-0.1, -0.05) is 86.5 Å². The lowest BCUT2D eigenvalue weighted by molar-refractivity contribution is 0.0430. The highest BCUT2D eigenvalue weighted by Crippen LogP contribution is 2.38. The molecule has 1 N–H and O–H groups in total. The second kappa shape index (κ2) is 10.3. The van der Waals surface area contributed by atoms with Crippen LogP contribution < -0.4 is 21.6 Å². The molecule has 1 aliphatic rings. The van der Waals surface area contributed by atoms with Gasteiger partial charge in [0.2, 0.25) is 0 Å². The molecule has 0 unspecified atom stereocenters. The molecular weight excluding hydrogens is 474 g/mol. The van der Waals surface area contributed by atoms with Gasteiger partial charge >= 0.3 is 5.69 Å². The van der Waals surface area contributed by atoms with Gasteiger partial charge in [0.05, 0.1) is 12.6 Å². The van der Waals surface area contributed by atoms with E-state index in [0.717, 1.165) is 10.4 Å². The van der Waals surface area contributed by atoms with Crippen LogP contribution in [-0.4, -0.2) is 37.1 Å². The largest absolute Gasteiger partial charge is 0.407 e. The highest BCUT2D eigenvalue weighted by atomic mass is 28.4. The third-order valence-corrected chi connectivity index (χ3v) is 11.8. The normalized spacial score (nSPS) is 20.2. The highest BCUT2D eigenvalue weighted by molar-refractivity contribution is 6.99. The molecule has 9 nitrogen and oxygen atoms in total. The molecule has 0 bridgehead atoms. The maximum Gasteiger partial charge on any atom is 0.330 e. The van der Waals surface area contributed by atoms with Crippen molar-refractivity contribution in [3.8, 4) is 0 Å². The van der Waals surface area contributed by atoms with Crippen molar-refractivity contribution in [3.63, 3.8) is 0 Å². The van der Waals surface area contributed by atoms with Gasteiger partial charge in [0.25, 0.3) is 13.9 Å². The van der Waals surface area contributed by atoms with Crippen molar-refractivity contribution in [1.82, 2.24) is 9.55 Å². The van der Waals surface area contributed by atoms with Crippen LogP contribution in [0.25, 0.3) is 10.4 Å². The number of hydrogen-bond donors (Lipinski definition) is 1. The first-order chi connectivity index (χ1) is 17.2. The molecule has 10 heteroatoms. The lowest BCUT2D eigenvalue weighted by atomic mass is 10.0. The van der Waals surface area contributed by atoms with Gasteiger partial charge in [-0.2, -0.15) is 0 Å². The van der Waals surface area contributed by atoms with Crippen molar-refractivity contribution in [1.29, 1.82) is 0 Å².